The molecule has 2 fully saturated rings. The summed E-state index contributed by atoms with van der Waals surface area (Å²) in [5.41, 5.74) is 6.82. The predicted octanol–water partition coefficient (Wildman–Crippen LogP) is 2.69. The zero-order chi connectivity index (χ0) is 14.5. The number of anilines is 1. The molecule has 5 nitrogen and oxygen atoms in total. The number of rotatable bonds is 3. The molecular formula is C13H18F2N4O. The van der Waals surface area contributed by atoms with Gasteiger partial charge in [-0.2, -0.15) is 5.10 Å². The molecule has 7 heteroatoms. The number of aryl methyl sites for hydroxylation is 1. The summed E-state index contributed by atoms with van der Waals surface area (Å²) in [6.07, 6.45) is 2.83. The molecule has 0 aliphatic heterocycles. The van der Waals surface area contributed by atoms with Crippen molar-refractivity contribution in [3.05, 3.63) is 11.3 Å². The van der Waals surface area contributed by atoms with Gasteiger partial charge in [0, 0.05) is 31.4 Å². The summed E-state index contributed by atoms with van der Waals surface area (Å²) in [6, 6.07) is -0.654. The highest BCUT2D eigenvalue weighted by Crippen LogP contribution is 2.52. The van der Waals surface area contributed by atoms with Gasteiger partial charge in [-0.15, -0.1) is 0 Å². The number of hydrogen-bond acceptors (Lipinski definition) is 2. The Bertz CT molecular complexity index is 543. The lowest BCUT2D eigenvalue weighted by atomic mass is 9.73. The van der Waals surface area contributed by atoms with E-state index in [1.165, 1.54) is 0 Å². The van der Waals surface area contributed by atoms with Crippen LogP contribution in [0.1, 0.15) is 55.2 Å². The van der Waals surface area contributed by atoms with Crippen LogP contribution in [0, 0.1) is 0 Å². The summed E-state index contributed by atoms with van der Waals surface area (Å²) in [7, 11) is 1.70. The summed E-state index contributed by atoms with van der Waals surface area (Å²) in [5.74, 6) is -1.92. The second kappa shape index (κ2) is 4.43. The number of carbonyl (C=O) groups excluding carboxylic acids is 1. The third-order valence-corrected chi connectivity index (χ3v) is 4.34. The number of amides is 2. The lowest BCUT2D eigenvalue weighted by Gasteiger charge is -2.36. The van der Waals surface area contributed by atoms with Gasteiger partial charge in [-0.1, -0.05) is 6.42 Å². The van der Waals surface area contributed by atoms with Gasteiger partial charge >= 0.3 is 6.03 Å². The van der Waals surface area contributed by atoms with Gasteiger partial charge in [0.2, 0.25) is 5.92 Å². The van der Waals surface area contributed by atoms with Crippen molar-refractivity contribution in [2.75, 3.05) is 5.32 Å². The molecule has 0 spiro atoms. The lowest BCUT2D eigenvalue weighted by Crippen LogP contribution is -2.34. The van der Waals surface area contributed by atoms with Crippen LogP contribution in [0.15, 0.2) is 0 Å². The molecule has 0 atom stereocenters. The minimum absolute atomic E-state index is 0.153. The minimum atomic E-state index is -2.57. The van der Waals surface area contributed by atoms with Crippen molar-refractivity contribution < 1.29 is 13.6 Å². The summed E-state index contributed by atoms with van der Waals surface area (Å²) in [4.78, 5) is 11.1. The van der Waals surface area contributed by atoms with Crippen LogP contribution in [0.4, 0.5) is 19.4 Å². The van der Waals surface area contributed by atoms with E-state index in [1.54, 1.807) is 11.7 Å². The first kappa shape index (κ1) is 13.3. The molecule has 2 saturated carbocycles. The molecule has 1 aromatic heterocycles. The Morgan fingerprint density at radius 3 is 2.50 bits per heavy atom. The van der Waals surface area contributed by atoms with Crippen molar-refractivity contribution in [2.45, 2.75) is 49.9 Å². The highest BCUT2D eigenvalue weighted by Gasteiger charge is 2.48. The number of nitrogens with zero attached hydrogens (tertiary/aromatic N) is 2. The number of urea groups is 1. The maximum absolute atomic E-state index is 13.1. The first-order valence-corrected chi connectivity index (χ1v) is 6.88. The number of primary amides is 1. The van der Waals surface area contributed by atoms with Crippen molar-refractivity contribution in [1.82, 2.24) is 9.78 Å². The second-order valence-corrected chi connectivity index (χ2v) is 5.85. The van der Waals surface area contributed by atoms with Crippen LogP contribution in [-0.4, -0.2) is 21.7 Å². The molecule has 0 bridgehead atoms. The van der Waals surface area contributed by atoms with Crippen LogP contribution in [0.2, 0.25) is 0 Å². The van der Waals surface area contributed by atoms with E-state index in [1.807, 2.05) is 0 Å². The molecule has 0 aromatic carbocycles. The minimum Gasteiger partial charge on any atom is -0.351 e. The standard InChI is InChI=1S/C13H18F2N4O/c1-19-11(17-12(16)20)9(7-3-2-4-7)10(18-19)8-5-13(14,15)6-8/h7-8H,2-6H2,1H3,(H3,16,17,20). The van der Waals surface area contributed by atoms with E-state index in [9.17, 15) is 13.6 Å². The molecule has 0 radical (unpaired) electrons. The fourth-order valence-electron chi connectivity index (χ4n) is 3.08. The van der Waals surface area contributed by atoms with Gasteiger partial charge in [0.05, 0.1) is 5.69 Å². The van der Waals surface area contributed by atoms with Gasteiger partial charge in [-0.3, -0.25) is 10.00 Å². The molecule has 2 amide bonds. The van der Waals surface area contributed by atoms with Crippen LogP contribution in [0.25, 0.3) is 0 Å². The highest BCUT2D eigenvalue weighted by atomic mass is 19.3. The highest BCUT2D eigenvalue weighted by molar-refractivity contribution is 5.88. The van der Waals surface area contributed by atoms with Crippen LogP contribution in [0.5, 0.6) is 0 Å². The summed E-state index contributed by atoms with van der Waals surface area (Å²) >= 11 is 0. The molecule has 2 aliphatic carbocycles. The average Bonchev–Trinajstić information content (AvgIpc) is 2.51. The Morgan fingerprint density at radius 2 is 2.05 bits per heavy atom. The number of carbonyl (C=O) groups is 1. The summed E-state index contributed by atoms with van der Waals surface area (Å²) in [6.45, 7) is 0. The maximum Gasteiger partial charge on any atom is 0.317 e. The van der Waals surface area contributed by atoms with Crippen LogP contribution < -0.4 is 11.1 Å². The number of alkyl halides is 2. The maximum atomic E-state index is 13.1. The largest absolute Gasteiger partial charge is 0.351 e. The molecular weight excluding hydrogens is 266 g/mol. The molecule has 2 aliphatic rings. The van der Waals surface area contributed by atoms with Gasteiger partial charge in [-0.05, 0) is 18.8 Å². The second-order valence-electron chi connectivity index (χ2n) is 5.85. The Labute approximate surface area is 115 Å². The first-order chi connectivity index (χ1) is 9.37. The quantitative estimate of drug-likeness (QED) is 0.895. The van der Waals surface area contributed by atoms with Gasteiger partial charge in [-0.25, -0.2) is 13.6 Å². The van der Waals surface area contributed by atoms with E-state index in [0.29, 0.717) is 17.4 Å². The number of hydrogen-bond donors (Lipinski definition) is 2. The fourth-order valence-corrected chi connectivity index (χ4v) is 3.08. The number of nitrogens with two attached hydrogens (primary N) is 1. The van der Waals surface area contributed by atoms with Crippen molar-refractivity contribution in [1.29, 1.82) is 0 Å². The normalized spacial score (nSPS) is 22.1. The molecule has 0 unspecified atom stereocenters. The van der Waals surface area contributed by atoms with Gasteiger partial charge in [0.25, 0.3) is 0 Å². The summed E-state index contributed by atoms with van der Waals surface area (Å²) in [5, 5.41) is 6.95. The van der Waals surface area contributed by atoms with E-state index in [4.69, 9.17) is 5.73 Å². The Balaban J connectivity index is 1.94. The average molecular weight is 284 g/mol. The fraction of sp³-hybridized carbons (Fsp3) is 0.692. The zero-order valence-electron chi connectivity index (χ0n) is 11.3. The molecule has 1 aromatic rings. The molecule has 3 rings (SSSR count). The van der Waals surface area contributed by atoms with E-state index in [2.05, 4.69) is 10.4 Å². The molecule has 3 N–H and O–H groups in total. The molecule has 1 heterocycles. The SMILES string of the molecule is Cn1nc(C2CC(F)(F)C2)c(C2CCC2)c1NC(N)=O. The van der Waals surface area contributed by atoms with Crippen molar-refractivity contribution in [3.8, 4) is 0 Å². The predicted molar refractivity (Wildman–Crippen MR) is 69.9 cm³/mol. The zero-order valence-corrected chi connectivity index (χ0v) is 11.3. The topological polar surface area (TPSA) is 72.9 Å². The Hall–Kier alpha value is -1.66. The third-order valence-electron chi connectivity index (χ3n) is 4.34. The van der Waals surface area contributed by atoms with Crippen LogP contribution >= 0.6 is 0 Å². The van der Waals surface area contributed by atoms with Crippen LogP contribution in [0.3, 0.4) is 0 Å². The molecule has 0 saturated heterocycles. The van der Waals surface area contributed by atoms with Gasteiger partial charge < -0.3 is 5.73 Å². The monoisotopic (exact) mass is 284 g/mol. The van der Waals surface area contributed by atoms with Gasteiger partial charge in [0.15, 0.2) is 0 Å². The number of aromatic nitrogens is 2. The number of halogens is 2. The van der Waals surface area contributed by atoms with E-state index in [0.717, 1.165) is 24.8 Å². The van der Waals surface area contributed by atoms with Crippen molar-refractivity contribution in [2.24, 2.45) is 12.8 Å². The van der Waals surface area contributed by atoms with Gasteiger partial charge in [0.1, 0.15) is 5.82 Å². The Morgan fingerprint density at radius 1 is 1.40 bits per heavy atom. The van der Waals surface area contributed by atoms with Crippen molar-refractivity contribution >= 4 is 11.8 Å². The first-order valence-electron chi connectivity index (χ1n) is 6.88. The van der Waals surface area contributed by atoms with Crippen molar-refractivity contribution in [3.63, 3.8) is 0 Å². The van der Waals surface area contributed by atoms with E-state index in [-0.39, 0.29) is 18.8 Å². The number of nitrogens with one attached hydrogen (secondary N) is 1. The van der Waals surface area contributed by atoms with Crippen LogP contribution in [-0.2, 0) is 7.05 Å². The molecule has 110 valence electrons. The van der Waals surface area contributed by atoms with E-state index < -0.39 is 12.0 Å². The molecule has 20 heavy (non-hydrogen) atoms. The lowest BCUT2D eigenvalue weighted by molar-refractivity contribution is -0.0879. The van der Waals surface area contributed by atoms with E-state index >= 15 is 0 Å². The smallest absolute Gasteiger partial charge is 0.317 e. The summed E-state index contributed by atoms with van der Waals surface area (Å²) < 4.78 is 27.7. The third kappa shape index (κ3) is 2.14. The Kier molecular flexibility index (Phi) is 2.95.